The second kappa shape index (κ2) is 13.6. The van der Waals surface area contributed by atoms with E-state index in [9.17, 15) is 9.59 Å². The number of halogens is 2. The van der Waals surface area contributed by atoms with Gasteiger partial charge in [0, 0.05) is 55.8 Å². The van der Waals surface area contributed by atoms with E-state index in [2.05, 4.69) is 21.3 Å². The average Bonchev–Trinajstić information content (AvgIpc) is 3.23. The van der Waals surface area contributed by atoms with Crippen molar-refractivity contribution in [3.8, 4) is 0 Å². The van der Waals surface area contributed by atoms with Crippen molar-refractivity contribution in [2.75, 3.05) is 63.1 Å². The van der Waals surface area contributed by atoms with Crippen LogP contribution in [0.15, 0.2) is 34.7 Å². The third-order valence-electron chi connectivity index (χ3n) is 5.76. The third kappa shape index (κ3) is 5.83. The van der Waals surface area contributed by atoms with Gasteiger partial charge in [-0.2, -0.15) is 0 Å². The monoisotopic (exact) mass is 538 g/mol. The van der Waals surface area contributed by atoms with Gasteiger partial charge in [-0.1, -0.05) is 24.3 Å². The fraction of sp³-hybridized carbons (Fsp3) is 0.360. The van der Waals surface area contributed by atoms with Gasteiger partial charge >= 0.3 is 0 Å². The molecule has 0 bridgehead atoms. The molecule has 0 spiro atoms. The normalized spacial score (nSPS) is 12.0. The largest absolute Gasteiger partial charge is 0.459 e. The predicted octanol–water partition coefficient (Wildman–Crippen LogP) is 2.35. The van der Waals surface area contributed by atoms with Gasteiger partial charge < -0.3 is 35.9 Å². The molecule has 0 atom stereocenters. The standard InChI is InChI=1S/C25H30N4O5.2ClH/c1-15-14-18-21(28-8-6-26-10-12-30)19-20(22(25(18)34-15)29-9-7-27-11-13-31)24(33)17-5-3-2-4-16(17)23(19)32;;/h2-5,14,26-31H,6-13H2,1H3;2*1H. The summed E-state index contributed by atoms with van der Waals surface area (Å²) >= 11 is 0. The molecule has 1 aliphatic carbocycles. The predicted molar refractivity (Wildman–Crippen MR) is 146 cm³/mol. The summed E-state index contributed by atoms with van der Waals surface area (Å²) in [6, 6.07) is 8.73. The van der Waals surface area contributed by atoms with Crippen molar-refractivity contribution in [2.24, 2.45) is 0 Å². The summed E-state index contributed by atoms with van der Waals surface area (Å²) in [5.41, 5.74) is 3.00. The number of hydrogen-bond donors (Lipinski definition) is 6. The van der Waals surface area contributed by atoms with Gasteiger partial charge in [0.1, 0.15) is 5.76 Å². The molecule has 0 amide bonds. The van der Waals surface area contributed by atoms with Gasteiger partial charge in [-0.3, -0.25) is 9.59 Å². The Hall–Kier alpha value is -2.66. The van der Waals surface area contributed by atoms with E-state index < -0.39 is 0 Å². The smallest absolute Gasteiger partial charge is 0.196 e. The summed E-state index contributed by atoms with van der Waals surface area (Å²) in [5.74, 6) is 0.226. The summed E-state index contributed by atoms with van der Waals surface area (Å²) in [5, 5.41) is 31.5. The second-order valence-corrected chi connectivity index (χ2v) is 8.10. The minimum atomic E-state index is -0.228. The van der Waals surface area contributed by atoms with Crippen LogP contribution < -0.4 is 21.3 Å². The number of anilines is 2. The van der Waals surface area contributed by atoms with Crippen LogP contribution in [0.1, 0.15) is 37.6 Å². The number of fused-ring (bicyclic) bond motifs is 3. The lowest BCUT2D eigenvalue weighted by Gasteiger charge is -2.24. The SMILES string of the molecule is Cc1cc2c(NCCNCCO)c3c(c(NCCNCCO)c2o1)C(=O)c1ccccc1C3=O.Cl.Cl. The van der Waals surface area contributed by atoms with Crippen LogP contribution in [-0.2, 0) is 0 Å². The molecule has 0 radical (unpaired) electrons. The number of hydrogen-bond acceptors (Lipinski definition) is 9. The first-order chi connectivity index (χ1) is 16.6. The van der Waals surface area contributed by atoms with E-state index in [0.717, 1.165) is 5.39 Å². The maximum atomic E-state index is 13.7. The van der Waals surface area contributed by atoms with E-state index in [4.69, 9.17) is 14.6 Å². The molecule has 1 aromatic heterocycles. The maximum absolute atomic E-state index is 13.7. The minimum absolute atomic E-state index is 0. The Morgan fingerprint density at radius 2 is 1.25 bits per heavy atom. The quantitative estimate of drug-likeness (QED) is 0.118. The van der Waals surface area contributed by atoms with Crippen LogP contribution in [0, 0.1) is 6.92 Å². The number of furan rings is 1. The number of ketones is 2. The molecule has 0 aliphatic heterocycles. The highest BCUT2D eigenvalue weighted by Gasteiger charge is 2.36. The number of aliphatic hydroxyl groups is 2. The molecule has 0 saturated carbocycles. The molecule has 0 saturated heterocycles. The number of aliphatic hydroxyl groups excluding tert-OH is 2. The maximum Gasteiger partial charge on any atom is 0.196 e. The zero-order valence-electron chi connectivity index (χ0n) is 20.0. The van der Waals surface area contributed by atoms with Crippen molar-refractivity contribution in [2.45, 2.75) is 6.92 Å². The van der Waals surface area contributed by atoms with Crippen molar-refractivity contribution in [3.63, 3.8) is 0 Å². The van der Waals surface area contributed by atoms with E-state index in [0.29, 0.717) is 84.2 Å². The molecule has 11 heteroatoms. The van der Waals surface area contributed by atoms with E-state index in [1.54, 1.807) is 24.3 Å². The number of rotatable bonds is 12. The Balaban J connectivity index is 0.00000228. The molecule has 1 aliphatic rings. The van der Waals surface area contributed by atoms with E-state index in [-0.39, 0.29) is 49.6 Å². The number of aryl methyl sites for hydroxylation is 1. The van der Waals surface area contributed by atoms with Crippen LogP contribution >= 0.6 is 24.8 Å². The molecular weight excluding hydrogens is 507 g/mol. The van der Waals surface area contributed by atoms with Gasteiger partial charge in [0.2, 0.25) is 0 Å². The van der Waals surface area contributed by atoms with Crippen molar-refractivity contribution >= 4 is 58.7 Å². The van der Waals surface area contributed by atoms with Crippen LogP contribution in [-0.4, -0.2) is 74.3 Å². The van der Waals surface area contributed by atoms with Crippen molar-refractivity contribution < 1.29 is 24.2 Å². The Labute approximate surface area is 221 Å². The fourth-order valence-electron chi connectivity index (χ4n) is 4.30. The summed E-state index contributed by atoms with van der Waals surface area (Å²) in [7, 11) is 0. The Kier molecular flexibility index (Phi) is 11.2. The van der Waals surface area contributed by atoms with Gasteiger partial charge in [-0.15, -0.1) is 24.8 Å². The lowest BCUT2D eigenvalue weighted by molar-refractivity contribution is 0.0980. The Morgan fingerprint density at radius 1 is 0.750 bits per heavy atom. The molecule has 2 aromatic carbocycles. The summed E-state index contributed by atoms with van der Waals surface area (Å²) in [4.78, 5) is 27.4. The number of nitrogens with one attached hydrogen (secondary N) is 4. The van der Waals surface area contributed by atoms with Crippen LogP contribution in [0.4, 0.5) is 11.4 Å². The molecule has 0 fully saturated rings. The Bertz CT molecular complexity index is 1120. The Morgan fingerprint density at radius 3 is 1.78 bits per heavy atom. The molecule has 6 N–H and O–H groups in total. The molecule has 36 heavy (non-hydrogen) atoms. The van der Waals surface area contributed by atoms with Crippen molar-refractivity contribution in [1.29, 1.82) is 0 Å². The molecule has 3 aromatic rings. The zero-order valence-corrected chi connectivity index (χ0v) is 21.6. The summed E-state index contributed by atoms with van der Waals surface area (Å²) in [6.45, 7) is 4.94. The first-order valence-electron chi connectivity index (χ1n) is 11.5. The molecular formula is C25H32Cl2N4O5. The average molecular weight is 539 g/mol. The second-order valence-electron chi connectivity index (χ2n) is 8.10. The van der Waals surface area contributed by atoms with Crippen LogP contribution in [0.25, 0.3) is 11.0 Å². The molecule has 1 heterocycles. The van der Waals surface area contributed by atoms with Gasteiger partial charge in [-0.05, 0) is 13.0 Å². The highest BCUT2D eigenvalue weighted by Crippen LogP contribution is 2.44. The van der Waals surface area contributed by atoms with Gasteiger partial charge in [0.25, 0.3) is 0 Å². The van der Waals surface area contributed by atoms with Gasteiger partial charge in [0.05, 0.1) is 35.7 Å². The summed E-state index contributed by atoms with van der Waals surface area (Å²) in [6.07, 6.45) is 0. The minimum Gasteiger partial charge on any atom is -0.459 e. The lowest BCUT2D eigenvalue weighted by Crippen LogP contribution is -2.29. The van der Waals surface area contributed by atoms with Gasteiger partial charge in [0.15, 0.2) is 17.1 Å². The topological polar surface area (TPSA) is 136 Å². The number of benzene rings is 2. The number of carbonyl (C=O) groups is 2. The summed E-state index contributed by atoms with van der Waals surface area (Å²) < 4.78 is 6.03. The van der Waals surface area contributed by atoms with Gasteiger partial charge in [-0.25, -0.2) is 0 Å². The van der Waals surface area contributed by atoms with E-state index >= 15 is 0 Å². The number of carbonyl (C=O) groups excluding carboxylic acids is 2. The first kappa shape index (κ1) is 29.6. The molecule has 9 nitrogen and oxygen atoms in total. The third-order valence-corrected chi connectivity index (χ3v) is 5.76. The van der Waals surface area contributed by atoms with Crippen LogP contribution in [0.2, 0.25) is 0 Å². The first-order valence-corrected chi connectivity index (χ1v) is 11.5. The van der Waals surface area contributed by atoms with Crippen LogP contribution in [0.5, 0.6) is 0 Å². The molecule has 4 rings (SSSR count). The van der Waals surface area contributed by atoms with E-state index in [1.807, 2.05) is 13.0 Å². The highest BCUT2D eigenvalue weighted by molar-refractivity contribution is 6.34. The lowest BCUT2D eigenvalue weighted by atomic mass is 9.81. The van der Waals surface area contributed by atoms with Crippen molar-refractivity contribution in [1.82, 2.24) is 10.6 Å². The fourth-order valence-corrected chi connectivity index (χ4v) is 4.30. The molecule has 196 valence electrons. The zero-order chi connectivity index (χ0) is 24.1. The highest BCUT2D eigenvalue weighted by atomic mass is 35.5. The van der Waals surface area contributed by atoms with Crippen molar-refractivity contribution in [3.05, 3.63) is 58.3 Å². The van der Waals surface area contributed by atoms with E-state index in [1.165, 1.54) is 0 Å². The van der Waals surface area contributed by atoms with Crippen LogP contribution in [0.3, 0.4) is 0 Å². The molecule has 0 unspecified atom stereocenters.